The van der Waals surface area contributed by atoms with Crippen molar-refractivity contribution in [3.63, 3.8) is 0 Å². The zero-order valence-corrected chi connectivity index (χ0v) is 11.0. The summed E-state index contributed by atoms with van der Waals surface area (Å²) >= 11 is 0. The molecule has 18 heavy (non-hydrogen) atoms. The molecule has 0 bridgehead atoms. The summed E-state index contributed by atoms with van der Waals surface area (Å²) in [5.74, 6) is -0.153. The molecule has 100 valence electrons. The van der Waals surface area contributed by atoms with E-state index in [0.717, 1.165) is 24.9 Å². The maximum absolute atomic E-state index is 13.0. The van der Waals surface area contributed by atoms with Gasteiger partial charge in [-0.3, -0.25) is 0 Å². The quantitative estimate of drug-likeness (QED) is 0.868. The molecule has 2 rings (SSSR count). The lowest BCUT2D eigenvalue weighted by Crippen LogP contribution is -2.43. The van der Waals surface area contributed by atoms with Crippen molar-refractivity contribution in [2.24, 2.45) is 0 Å². The minimum Gasteiger partial charge on any atom is -0.380 e. The topological polar surface area (TPSA) is 21.3 Å². The van der Waals surface area contributed by atoms with Crippen LogP contribution in [0.3, 0.4) is 0 Å². The van der Waals surface area contributed by atoms with E-state index in [0.29, 0.717) is 12.1 Å². The van der Waals surface area contributed by atoms with E-state index in [1.807, 2.05) is 6.07 Å². The predicted octanol–water partition coefficient (Wildman–Crippen LogP) is 2.92. The van der Waals surface area contributed by atoms with Gasteiger partial charge in [-0.05, 0) is 43.5 Å². The van der Waals surface area contributed by atoms with E-state index in [2.05, 4.69) is 5.32 Å². The molecule has 0 radical (unpaired) electrons. The van der Waals surface area contributed by atoms with Gasteiger partial charge in [0.05, 0.1) is 6.10 Å². The molecule has 1 aliphatic rings. The third kappa shape index (κ3) is 3.79. The van der Waals surface area contributed by atoms with Crippen molar-refractivity contribution >= 4 is 0 Å². The third-order valence-electron chi connectivity index (χ3n) is 3.71. The molecule has 0 unspecified atom stereocenters. The number of rotatable bonds is 5. The highest BCUT2D eigenvalue weighted by Crippen LogP contribution is 2.20. The van der Waals surface area contributed by atoms with Gasteiger partial charge in [0.2, 0.25) is 0 Å². The smallest absolute Gasteiger partial charge is 0.123 e. The maximum atomic E-state index is 13.0. The normalized spacial score (nSPS) is 24.1. The molecule has 0 aliphatic heterocycles. The van der Waals surface area contributed by atoms with Gasteiger partial charge >= 0.3 is 0 Å². The number of nitrogens with one attached hydrogen (secondary N) is 1. The standard InChI is InChI=1S/C15H22FNO/c1-18-15-8-3-2-7-14(15)17-10-9-12-5-4-6-13(16)11-12/h4-6,11,14-15,17H,2-3,7-10H2,1H3/t14-,15+/m1/s1. The van der Waals surface area contributed by atoms with Gasteiger partial charge in [-0.15, -0.1) is 0 Å². The summed E-state index contributed by atoms with van der Waals surface area (Å²) in [5.41, 5.74) is 1.05. The van der Waals surface area contributed by atoms with Crippen LogP contribution in [0, 0.1) is 5.82 Å². The maximum Gasteiger partial charge on any atom is 0.123 e. The average molecular weight is 251 g/mol. The Morgan fingerprint density at radius 2 is 2.17 bits per heavy atom. The van der Waals surface area contributed by atoms with E-state index >= 15 is 0 Å². The van der Waals surface area contributed by atoms with Crippen molar-refractivity contribution in [2.45, 2.75) is 44.2 Å². The van der Waals surface area contributed by atoms with Gasteiger partial charge in [0.1, 0.15) is 5.82 Å². The van der Waals surface area contributed by atoms with Crippen LogP contribution in [-0.4, -0.2) is 25.8 Å². The van der Waals surface area contributed by atoms with Gasteiger partial charge < -0.3 is 10.1 Å². The first-order chi connectivity index (χ1) is 8.79. The molecule has 2 nitrogen and oxygen atoms in total. The van der Waals surface area contributed by atoms with Crippen molar-refractivity contribution in [1.29, 1.82) is 0 Å². The molecule has 1 aliphatic carbocycles. The molecular formula is C15H22FNO. The first-order valence-electron chi connectivity index (χ1n) is 6.80. The monoisotopic (exact) mass is 251 g/mol. The van der Waals surface area contributed by atoms with Crippen molar-refractivity contribution in [3.05, 3.63) is 35.6 Å². The third-order valence-corrected chi connectivity index (χ3v) is 3.71. The van der Waals surface area contributed by atoms with E-state index < -0.39 is 0 Å². The van der Waals surface area contributed by atoms with Crippen LogP contribution in [0.2, 0.25) is 0 Å². The molecule has 1 N–H and O–H groups in total. The lowest BCUT2D eigenvalue weighted by Gasteiger charge is -2.31. The molecule has 0 saturated heterocycles. The number of methoxy groups -OCH3 is 1. The van der Waals surface area contributed by atoms with Gasteiger partial charge in [0.15, 0.2) is 0 Å². The SMILES string of the molecule is CO[C@H]1CCCC[C@H]1NCCc1cccc(F)c1. The molecular weight excluding hydrogens is 229 g/mol. The number of halogens is 1. The minimum atomic E-state index is -0.153. The lowest BCUT2D eigenvalue weighted by molar-refractivity contribution is 0.0421. The van der Waals surface area contributed by atoms with Gasteiger partial charge in [-0.25, -0.2) is 4.39 Å². The van der Waals surface area contributed by atoms with Crippen LogP contribution in [0.4, 0.5) is 4.39 Å². The van der Waals surface area contributed by atoms with Crippen LogP contribution < -0.4 is 5.32 Å². The zero-order chi connectivity index (χ0) is 12.8. The Hall–Kier alpha value is -0.930. The summed E-state index contributed by atoms with van der Waals surface area (Å²) in [6.07, 6.45) is 6.07. The van der Waals surface area contributed by atoms with Crippen molar-refractivity contribution < 1.29 is 9.13 Å². The Bertz CT molecular complexity index is 369. The summed E-state index contributed by atoms with van der Waals surface area (Å²) in [6.45, 7) is 0.883. The molecule has 0 amide bonds. The van der Waals surface area contributed by atoms with E-state index in [-0.39, 0.29) is 5.82 Å². The molecule has 1 fully saturated rings. The highest BCUT2D eigenvalue weighted by molar-refractivity contribution is 5.16. The largest absolute Gasteiger partial charge is 0.380 e. The summed E-state index contributed by atoms with van der Waals surface area (Å²) in [7, 11) is 1.79. The lowest BCUT2D eigenvalue weighted by atomic mass is 9.92. The molecule has 0 spiro atoms. The average Bonchev–Trinajstić information content (AvgIpc) is 2.39. The zero-order valence-electron chi connectivity index (χ0n) is 11.0. The molecule has 1 aromatic carbocycles. The molecule has 3 heteroatoms. The molecule has 2 atom stereocenters. The number of hydrogen-bond donors (Lipinski definition) is 1. The number of hydrogen-bond acceptors (Lipinski definition) is 2. The Morgan fingerprint density at radius 1 is 1.33 bits per heavy atom. The predicted molar refractivity (Wildman–Crippen MR) is 71.2 cm³/mol. The highest BCUT2D eigenvalue weighted by atomic mass is 19.1. The second-order valence-corrected chi connectivity index (χ2v) is 5.00. The van der Waals surface area contributed by atoms with Crippen LogP contribution in [-0.2, 0) is 11.2 Å². The second-order valence-electron chi connectivity index (χ2n) is 5.00. The minimum absolute atomic E-state index is 0.153. The van der Waals surface area contributed by atoms with Gasteiger partial charge in [-0.2, -0.15) is 0 Å². The van der Waals surface area contributed by atoms with Crippen LogP contribution >= 0.6 is 0 Å². The summed E-state index contributed by atoms with van der Waals surface area (Å²) in [4.78, 5) is 0. The Kier molecular flexibility index (Phi) is 5.14. The summed E-state index contributed by atoms with van der Waals surface area (Å²) in [6, 6.07) is 7.29. The van der Waals surface area contributed by atoms with E-state index in [1.165, 1.54) is 25.3 Å². The van der Waals surface area contributed by atoms with E-state index in [9.17, 15) is 4.39 Å². The van der Waals surface area contributed by atoms with Crippen LogP contribution in [0.5, 0.6) is 0 Å². The fourth-order valence-electron chi connectivity index (χ4n) is 2.71. The Balaban J connectivity index is 1.77. The van der Waals surface area contributed by atoms with Gasteiger partial charge in [0.25, 0.3) is 0 Å². The summed E-state index contributed by atoms with van der Waals surface area (Å²) in [5, 5.41) is 3.54. The van der Waals surface area contributed by atoms with Crippen molar-refractivity contribution in [3.8, 4) is 0 Å². The van der Waals surface area contributed by atoms with Crippen LogP contribution in [0.15, 0.2) is 24.3 Å². The van der Waals surface area contributed by atoms with Gasteiger partial charge in [0, 0.05) is 13.2 Å². The molecule has 0 heterocycles. The van der Waals surface area contributed by atoms with E-state index in [4.69, 9.17) is 4.74 Å². The first kappa shape index (κ1) is 13.5. The fourth-order valence-corrected chi connectivity index (χ4v) is 2.71. The van der Waals surface area contributed by atoms with Crippen LogP contribution in [0.1, 0.15) is 31.2 Å². The Morgan fingerprint density at radius 3 is 2.94 bits per heavy atom. The second kappa shape index (κ2) is 6.86. The first-order valence-corrected chi connectivity index (χ1v) is 6.80. The van der Waals surface area contributed by atoms with E-state index in [1.54, 1.807) is 19.2 Å². The molecule has 1 saturated carbocycles. The number of ether oxygens (including phenoxy) is 1. The van der Waals surface area contributed by atoms with Crippen molar-refractivity contribution in [1.82, 2.24) is 5.32 Å². The molecule has 0 aromatic heterocycles. The number of benzene rings is 1. The summed E-state index contributed by atoms with van der Waals surface area (Å²) < 4.78 is 18.5. The Labute approximate surface area is 109 Å². The fraction of sp³-hybridized carbons (Fsp3) is 0.600. The van der Waals surface area contributed by atoms with Crippen LogP contribution in [0.25, 0.3) is 0 Å². The van der Waals surface area contributed by atoms with Gasteiger partial charge in [-0.1, -0.05) is 25.0 Å². The van der Waals surface area contributed by atoms with Crippen molar-refractivity contribution in [2.75, 3.05) is 13.7 Å². The molecule has 1 aromatic rings. The highest BCUT2D eigenvalue weighted by Gasteiger charge is 2.23.